The molecule has 2 aromatic heterocycles. The average molecular weight is 348 g/mol. The van der Waals surface area contributed by atoms with Crippen molar-refractivity contribution in [3.63, 3.8) is 0 Å². The third kappa shape index (κ3) is 3.74. The topological polar surface area (TPSA) is 56.0 Å². The van der Waals surface area contributed by atoms with Gasteiger partial charge < -0.3 is 4.52 Å². The monoisotopic (exact) mass is 348 g/mol. The first kappa shape index (κ1) is 18.1. The first-order valence-corrected chi connectivity index (χ1v) is 8.86. The van der Waals surface area contributed by atoms with Gasteiger partial charge in [0.15, 0.2) is 5.78 Å². The van der Waals surface area contributed by atoms with Crippen LogP contribution in [0.3, 0.4) is 0 Å². The standard InChI is InChI=1S/C22H24N2O2/c1-13-10-14(2)22(15(3)11-13)20-12-18(26-24-20)7-9-21(25)19-8-6-16(4)23-17(19)5/h6,8,10-12H,7,9H2,1-5H3. The van der Waals surface area contributed by atoms with E-state index in [0.717, 1.165) is 28.4 Å². The van der Waals surface area contributed by atoms with Gasteiger partial charge in [-0.3, -0.25) is 9.78 Å². The molecule has 0 amide bonds. The Kier molecular flexibility index (Phi) is 5.03. The Balaban J connectivity index is 1.74. The SMILES string of the molecule is Cc1cc(C)c(-c2cc(CCC(=O)c3ccc(C)nc3C)on2)c(C)c1. The average Bonchev–Trinajstić information content (AvgIpc) is 3.00. The maximum atomic E-state index is 12.5. The molecule has 0 atom stereocenters. The molecule has 1 aromatic carbocycles. The van der Waals surface area contributed by atoms with Crippen LogP contribution in [0.5, 0.6) is 0 Å². The van der Waals surface area contributed by atoms with E-state index in [1.165, 1.54) is 16.7 Å². The summed E-state index contributed by atoms with van der Waals surface area (Å²) in [5.74, 6) is 0.807. The Bertz CT molecular complexity index is 947. The lowest BCUT2D eigenvalue weighted by molar-refractivity contribution is 0.0979. The highest BCUT2D eigenvalue weighted by Crippen LogP contribution is 2.28. The third-order valence-electron chi connectivity index (χ3n) is 4.62. The first-order valence-electron chi connectivity index (χ1n) is 8.86. The number of rotatable bonds is 5. The molecule has 0 fully saturated rings. The number of nitrogens with zero attached hydrogens (tertiary/aromatic N) is 2. The van der Waals surface area contributed by atoms with Gasteiger partial charge in [-0.15, -0.1) is 0 Å². The zero-order valence-electron chi connectivity index (χ0n) is 16.0. The third-order valence-corrected chi connectivity index (χ3v) is 4.62. The quantitative estimate of drug-likeness (QED) is 0.602. The molecular weight excluding hydrogens is 324 g/mol. The van der Waals surface area contributed by atoms with E-state index in [4.69, 9.17) is 4.52 Å². The van der Waals surface area contributed by atoms with E-state index in [1.54, 1.807) is 0 Å². The minimum atomic E-state index is 0.0793. The second-order valence-corrected chi connectivity index (χ2v) is 6.96. The highest BCUT2D eigenvalue weighted by Gasteiger charge is 2.15. The van der Waals surface area contributed by atoms with Gasteiger partial charge in [0.2, 0.25) is 0 Å². The molecule has 0 N–H and O–H groups in total. The summed E-state index contributed by atoms with van der Waals surface area (Å²) in [6.45, 7) is 10.0. The predicted molar refractivity (Wildman–Crippen MR) is 103 cm³/mol. The summed E-state index contributed by atoms with van der Waals surface area (Å²) < 4.78 is 5.48. The van der Waals surface area contributed by atoms with E-state index < -0.39 is 0 Å². The minimum Gasteiger partial charge on any atom is -0.361 e. The van der Waals surface area contributed by atoms with Crippen LogP contribution in [-0.2, 0) is 6.42 Å². The van der Waals surface area contributed by atoms with Gasteiger partial charge in [-0.25, -0.2) is 0 Å². The van der Waals surface area contributed by atoms with Crippen molar-refractivity contribution in [1.82, 2.24) is 10.1 Å². The molecular formula is C22H24N2O2. The second kappa shape index (κ2) is 7.24. The summed E-state index contributed by atoms with van der Waals surface area (Å²) >= 11 is 0. The van der Waals surface area contributed by atoms with Crippen LogP contribution in [0.25, 0.3) is 11.3 Å². The molecule has 3 aromatic rings. The molecule has 0 saturated heterocycles. The van der Waals surface area contributed by atoms with E-state index in [1.807, 2.05) is 32.0 Å². The van der Waals surface area contributed by atoms with E-state index in [9.17, 15) is 4.79 Å². The fourth-order valence-corrected chi connectivity index (χ4v) is 3.49. The summed E-state index contributed by atoms with van der Waals surface area (Å²) in [6.07, 6.45) is 0.912. The predicted octanol–water partition coefficient (Wildman–Crippen LogP) is 5.09. The molecule has 0 aliphatic rings. The molecule has 134 valence electrons. The number of aryl methyl sites for hydroxylation is 6. The zero-order valence-corrected chi connectivity index (χ0v) is 16.0. The highest BCUT2D eigenvalue weighted by atomic mass is 16.5. The van der Waals surface area contributed by atoms with Crippen LogP contribution in [0.2, 0.25) is 0 Å². The summed E-state index contributed by atoms with van der Waals surface area (Å²) in [7, 11) is 0. The molecule has 4 heteroatoms. The Morgan fingerprint density at radius 3 is 2.35 bits per heavy atom. The molecule has 26 heavy (non-hydrogen) atoms. The highest BCUT2D eigenvalue weighted by molar-refractivity contribution is 5.97. The number of carbonyl (C=O) groups excluding carboxylic acids is 1. The normalized spacial score (nSPS) is 11.0. The van der Waals surface area contributed by atoms with Crippen LogP contribution < -0.4 is 0 Å². The fraction of sp³-hybridized carbons (Fsp3) is 0.318. The lowest BCUT2D eigenvalue weighted by Gasteiger charge is -2.07. The summed E-state index contributed by atoms with van der Waals surface area (Å²) in [4.78, 5) is 16.8. The smallest absolute Gasteiger partial charge is 0.165 e. The Hall–Kier alpha value is -2.75. The van der Waals surface area contributed by atoms with Crippen molar-refractivity contribution in [3.05, 3.63) is 69.7 Å². The largest absolute Gasteiger partial charge is 0.361 e. The van der Waals surface area contributed by atoms with Crippen molar-refractivity contribution in [1.29, 1.82) is 0 Å². The molecule has 3 rings (SSSR count). The van der Waals surface area contributed by atoms with Crippen LogP contribution in [0.4, 0.5) is 0 Å². The molecule has 0 radical (unpaired) electrons. The molecule has 0 aliphatic heterocycles. The number of aromatic nitrogens is 2. The molecule has 0 spiro atoms. The van der Waals surface area contributed by atoms with E-state index >= 15 is 0 Å². The molecule has 0 saturated carbocycles. The summed E-state index contributed by atoms with van der Waals surface area (Å²) in [6, 6.07) is 9.96. The minimum absolute atomic E-state index is 0.0793. The summed E-state index contributed by atoms with van der Waals surface area (Å²) in [5.41, 5.74) is 7.91. The zero-order chi connectivity index (χ0) is 18.8. The van der Waals surface area contributed by atoms with Crippen LogP contribution in [0, 0.1) is 34.6 Å². The summed E-state index contributed by atoms with van der Waals surface area (Å²) in [5, 5.41) is 4.22. The number of ketones is 1. The van der Waals surface area contributed by atoms with E-state index in [-0.39, 0.29) is 5.78 Å². The van der Waals surface area contributed by atoms with E-state index in [2.05, 4.69) is 43.0 Å². The van der Waals surface area contributed by atoms with Gasteiger partial charge in [-0.05, 0) is 57.9 Å². The number of carbonyl (C=O) groups is 1. The van der Waals surface area contributed by atoms with Gasteiger partial charge in [0.25, 0.3) is 0 Å². The van der Waals surface area contributed by atoms with Gasteiger partial charge in [0.05, 0.1) is 0 Å². The van der Waals surface area contributed by atoms with Crippen LogP contribution in [-0.4, -0.2) is 15.9 Å². The number of hydrogen-bond donors (Lipinski definition) is 0. The van der Waals surface area contributed by atoms with Gasteiger partial charge >= 0.3 is 0 Å². The Morgan fingerprint density at radius 1 is 1.00 bits per heavy atom. The van der Waals surface area contributed by atoms with Crippen LogP contribution in [0.15, 0.2) is 34.9 Å². The van der Waals surface area contributed by atoms with Crippen LogP contribution in [0.1, 0.15) is 50.6 Å². The van der Waals surface area contributed by atoms with E-state index in [0.29, 0.717) is 18.4 Å². The van der Waals surface area contributed by atoms with Gasteiger partial charge in [-0.1, -0.05) is 22.9 Å². The van der Waals surface area contributed by atoms with Gasteiger partial charge in [0, 0.05) is 41.4 Å². The van der Waals surface area contributed by atoms with Crippen molar-refractivity contribution >= 4 is 5.78 Å². The fourth-order valence-electron chi connectivity index (χ4n) is 3.49. The molecule has 0 unspecified atom stereocenters. The lowest BCUT2D eigenvalue weighted by Crippen LogP contribution is -2.05. The molecule has 0 bridgehead atoms. The molecule has 2 heterocycles. The Labute approximate surface area is 154 Å². The number of pyridine rings is 1. The lowest BCUT2D eigenvalue weighted by atomic mass is 9.97. The van der Waals surface area contributed by atoms with Gasteiger partial charge in [-0.2, -0.15) is 0 Å². The van der Waals surface area contributed by atoms with Crippen LogP contribution >= 0.6 is 0 Å². The van der Waals surface area contributed by atoms with Crippen molar-refractivity contribution in [2.24, 2.45) is 0 Å². The maximum Gasteiger partial charge on any atom is 0.165 e. The Morgan fingerprint density at radius 2 is 1.69 bits per heavy atom. The second-order valence-electron chi connectivity index (χ2n) is 6.96. The number of benzene rings is 1. The van der Waals surface area contributed by atoms with Crippen molar-refractivity contribution < 1.29 is 9.32 Å². The van der Waals surface area contributed by atoms with Crippen molar-refractivity contribution in [2.45, 2.75) is 47.5 Å². The van der Waals surface area contributed by atoms with Crippen molar-refractivity contribution in [2.75, 3.05) is 0 Å². The maximum absolute atomic E-state index is 12.5. The van der Waals surface area contributed by atoms with Crippen molar-refractivity contribution in [3.8, 4) is 11.3 Å². The van der Waals surface area contributed by atoms with Gasteiger partial charge in [0.1, 0.15) is 11.5 Å². The number of hydrogen-bond acceptors (Lipinski definition) is 4. The molecule has 0 aliphatic carbocycles. The first-order chi connectivity index (χ1) is 12.3. The number of Topliss-reactive ketones (excluding diaryl/α,β-unsaturated/α-hetero) is 1. The molecule has 4 nitrogen and oxygen atoms in total.